The molecular weight excluding hydrogens is 264 g/mol. The normalized spacial score (nSPS) is 15.5. The molecule has 0 aromatic carbocycles. The van der Waals surface area contributed by atoms with Gasteiger partial charge in [0.1, 0.15) is 17.3 Å². The monoisotopic (exact) mass is 282 g/mol. The molecule has 0 radical (unpaired) electrons. The summed E-state index contributed by atoms with van der Waals surface area (Å²) in [5, 5.41) is 12.1. The smallest absolute Gasteiger partial charge is 0.149 e. The number of aromatic nitrogens is 5. The highest BCUT2D eigenvalue weighted by atomic mass is 15.3. The van der Waals surface area contributed by atoms with Crippen LogP contribution in [0.15, 0.2) is 30.6 Å². The molecule has 0 saturated carbocycles. The number of hydrogen-bond acceptors (Lipinski definition) is 4. The average Bonchev–Trinajstić information content (AvgIpc) is 3.18. The van der Waals surface area contributed by atoms with E-state index in [4.69, 9.17) is 0 Å². The maximum absolute atomic E-state index is 4.60. The van der Waals surface area contributed by atoms with Crippen LogP contribution in [0.3, 0.4) is 0 Å². The molecule has 0 spiro atoms. The number of fused-ring (bicyclic) bond motifs is 2. The molecule has 1 aliphatic rings. The molecule has 1 unspecified atom stereocenters. The van der Waals surface area contributed by atoms with Gasteiger partial charge in [-0.15, -0.1) is 10.2 Å². The Morgan fingerprint density at radius 2 is 2.29 bits per heavy atom. The summed E-state index contributed by atoms with van der Waals surface area (Å²) in [4.78, 5) is 4.60. The molecule has 6 nitrogen and oxygen atoms in total. The first-order valence-electron chi connectivity index (χ1n) is 7.39. The fraction of sp³-hybridized carbons (Fsp3) is 0.400. The van der Waals surface area contributed by atoms with E-state index in [1.165, 1.54) is 6.42 Å². The van der Waals surface area contributed by atoms with Gasteiger partial charge in [-0.1, -0.05) is 6.07 Å². The SMILES string of the molecule is CC(NCc1cn2ccccc2n1)c1nnc2n1CCC2. The molecule has 0 bridgehead atoms. The minimum Gasteiger partial charge on any atom is -0.314 e. The van der Waals surface area contributed by atoms with Crippen LogP contribution >= 0.6 is 0 Å². The molecule has 0 aliphatic carbocycles. The van der Waals surface area contributed by atoms with E-state index in [0.29, 0.717) is 0 Å². The van der Waals surface area contributed by atoms with Crippen molar-refractivity contribution in [2.75, 3.05) is 0 Å². The lowest BCUT2D eigenvalue weighted by atomic mass is 10.3. The van der Waals surface area contributed by atoms with Crippen LogP contribution in [0.2, 0.25) is 0 Å². The quantitative estimate of drug-likeness (QED) is 0.791. The lowest BCUT2D eigenvalue weighted by Gasteiger charge is -2.12. The van der Waals surface area contributed by atoms with E-state index in [9.17, 15) is 0 Å². The first kappa shape index (κ1) is 12.5. The fourth-order valence-corrected chi connectivity index (χ4v) is 2.91. The molecule has 3 aromatic heterocycles. The van der Waals surface area contributed by atoms with Gasteiger partial charge in [-0.25, -0.2) is 4.98 Å². The van der Waals surface area contributed by atoms with Crippen LogP contribution in [0.25, 0.3) is 5.65 Å². The fourth-order valence-electron chi connectivity index (χ4n) is 2.91. The second-order valence-electron chi connectivity index (χ2n) is 5.53. The molecule has 4 heterocycles. The minimum absolute atomic E-state index is 0.175. The third kappa shape index (κ3) is 2.21. The van der Waals surface area contributed by atoms with Gasteiger partial charge in [-0.3, -0.25) is 0 Å². The lowest BCUT2D eigenvalue weighted by Crippen LogP contribution is -2.21. The van der Waals surface area contributed by atoms with Crippen molar-refractivity contribution in [3.63, 3.8) is 0 Å². The molecule has 3 aromatic rings. The second kappa shape index (κ2) is 4.96. The zero-order valence-corrected chi connectivity index (χ0v) is 12.0. The Morgan fingerprint density at radius 3 is 3.19 bits per heavy atom. The van der Waals surface area contributed by atoms with Crippen LogP contribution in [0.5, 0.6) is 0 Å². The van der Waals surface area contributed by atoms with Crippen molar-refractivity contribution in [1.29, 1.82) is 0 Å². The lowest BCUT2D eigenvalue weighted by molar-refractivity contribution is 0.512. The first-order valence-corrected chi connectivity index (χ1v) is 7.39. The topological polar surface area (TPSA) is 60.0 Å². The zero-order valence-electron chi connectivity index (χ0n) is 12.0. The van der Waals surface area contributed by atoms with Crippen LogP contribution in [-0.4, -0.2) is 24.1 Å². The van der Waals surface area contributed by atoms with Crippen molar-refractivity contribution in [1.82, 2.24) is 29.5 Å². The van der Waals surface area contributed by atoms with Crippen molar-refractivity contribution in [2.45, 2.75) is 38.9 Å². The third-order valence-corrected chi connectivity index (χ3v) is 4.03. The summed E-state index contributed by atoms with van der Waals surface area (Å²) in [5.74, 6) is 2.15. The molecular formula is C15H18N6. The van der Waals surface area contributed by atoms with E-state index in [1.54, 1.807) is 0 Å². The van der Waals surface area contributed by atoms with Gasteiger partial charge in [0.2, 0.25) is 0 Å². The van der Waals surface area contributed by atoms with Gasteiger partial charge in [0.05, 0.1) is 11.7 Å². The molecule has 108 valence electrons. The van der Waals surface area contributed by atoms with Crippen LogP contribution in [0, 0.1) is 0 Å². The van der Waals surface area contributed by atoms with Crippen molar-refractivity contribution in [3.8, 4) is 0 Å². The Bertz CT molecular complexity index is 738. The molecule has 1 atom stereocenters. The first-order chi connectivity index (χ1) is 10.3. The number of imidazole rings is 1. The third-order valence-electron chi connectivity index (χ3n) is 4.03. The highest BCUT2D eigenvalue weighted by Crippen LogP contribution is 2.19. The van der Waals surface area contributed by atoms with Crippen LogP contribution in [0.1, 0.15) is 36.7 Å². The summed E-state index contributed by atoms with van der Waals surface area (Å²) in [5.41, 5.74) is 2.01. The zero-order chi connectivity index (χ0) is 14.2. The number of pyridine rings is 1. The number of nitrogens with zero attached hydrogens (tertiary/aromatic N) is 5. The van der Waals surface area contributed by atoms with Crippen LogP contribution in [0.4, 0.5) is 0 Å². The van der Waals surface area contributed by atoms with Gasteiger partial charge in [-0.2, -0.15) is 0 Å². The minimum atomic E-state index is 0.175. The summed E-state index contributed by atoms with van der Waals surface area (Å²) in [7, 11) is 0. The summed E-state index contributed by atoms with van der Waals surface area (Å²) >= 11 is 0. The standard InChI is InChI=1S/C15H18N6/c1-11(15-19-18-14-6-4-8-21(14)15)16-9-12-10-20-7-3-2-5-13(20)17-12/h2-3,5,7,10-11,16H,4,6,8-9H2,1H3. The van der Waals surface area contributed by atoms with Crippen molar-refractivity contribution in [2.24, 2.45) is 0 Å². The average molecular weight is 282 g/mol. The van der Waals surface area contributed by atoms with Gasteiger partial charge in [0.15, 0.2) is 0 Å². The molecule has 1 aliphatic heterocycles. The highest BCUT2D eigenvalue weighted by Gasteiger charge is 2.21. The van der Waals surface area contributed by atoms with E-state index < -0.39 is 0 Å². The van der Waals surface area contributed by atoms with E-state index in [1.807, 2.05) is 28.8 Å². The molecule has 21 heavy (non-hydrogen) atoms. The maximum Gasteiger partial charge on any atom is 0.149 e. The van der Waals surface area contributed by atoms with E-state index in [0.717, 1.165) is 42.5 Å². The van der Waals surface area contributed by atoms with Crippen molar-refractivity contribution < 1.29 is 0 Å². The molecule has 0 saturated heterocycles. The predicted octanol–water partition coefficient (Wildman–Crippen LogP) is 1.72. The van der Waals surface area contributed by atoms with Crippen LogP contribution in [-0.2, 0) is 19.5 Å². The Labute approximate surface area is 122 Å². The highest BCUT2D eigenvalue weighted by molar-refractivity contribution is 5.39. The Morgan fingerprint density at radius 1 is 1.33 bits per heavy atom. The molecule has 6 heteroatoms. The molecule has 0 amide bonds. The van der Waals surface area contributed by atoms with Crippen LogP contribution < -0.4 is 5.32 Å². The molecule has 1 N–H and O–H groups in total. The van der Waals surface area contributed by atoms with Crippen molar-refractivity contribution >= 4 is 5.65 Å². The molecule has 0 fully saturated rings. The van der Waals surface area contributed by atoms with E-state index >= 15 is 0 Å². The second-order valence-corrected chi connectivity index (χ2v) is 5.53. The van der Waals surface area contributed by atoms with Gasteiger partial charge >= 0.3 is 0 Å². The van der Waals surface area contributed by atoms with Gasteiger partial charge in [0, 0.05) is 31.9 Å². The number of rotatable bonds is 4. The summed E-state index contributed by atoms with van der Waals surface area (Å²) in [6.45, 7) is 3.90. The summed E-state index contributed by atoms with van der Waals surface area (Å²) < 4.78 is 4.28. The largest absolute Gasteiger partial charge is 0.314 e. The summed E-state index contributed by atoms with van der Waals surface area (Å²) in [6, 6.07) is 6.20. The number of aryl methyl sites for hydroxylation is 1. The number of nitrogens with one attached hydrogen (secondary N) is 1. The van der Waals surface area contributed by atoms with Gasteiger partial charge in [0.25, 0.3) is 0 Å². The summed E-state index contributed by atoms with van der Waals surface area (Å²) in [6.07, 6.45) is 6.30. The van der Waals surface area contributed by atoms with Gasteiger partial charge < -0.3 is 14.3 Å². The predicted molar refractivity (Wildman–Crippen MR) is 78.8 cm³/mol. The van der Waals surface area contributed by atoms with Crippen molar-refractivity contribution in [3.05, 3.63) is 47.9 Å². The Hall–Kier alpha value is -2.21. The Kier molecular flexibility index (Phi) is 2.96. The van der Waals surface area contributed by atoms with E-state index in [-0.39, 0.29) is 6.04 Å². The van der Waals surface area contributed by atoms with E-state index in [2.05, 4.69) is 38.2 Å². The van der Waals surface area contributed by atoms with Gasteiger partial charge in [-0.05, 0) is 25.5 Å². The maximum atomic E-state index is 4.60. The number of hydrogen-bond donors (Lipinski definition) is 1. The Balaban J connectivity index is 1.48. The molecule has 4 rings (SSSR count).